The largest absolute Gasteiger partial charge is 0.327 e. The smallest absolute Gasteiger partial charge is 0.0445 e. The van der Waals surface area contributed by atoms with Crippen LogP contribution in [0.1, 0.15) is 38.0 Å². The molecule has 0 aliphatic heterocycles. The lowest BCUT2D eigenvalue weighted by molar-refractivity contribution is 0.629. The molecule has 1 aromatic rings. The first-order valence-corrected chi connectivity index (χ1v) is 7.08. The summed E-state index contributed by atoms with van der Waals surface area (Å²) < 4.78 is 0. The van der Waals surface area contributed by atoms with E-state index in [1.54, 1.807) is 0 Å². The maximum Gasteiger partial charge on any atom is 0.0445 e. The summed E-state index contributed by atoms with van der Waals surface area (Å²) in [5.41, 5.74) is 7.42. The Hall–Kier alpha value is -0.470. The highest BCUT2D eigenvalue weighted by atomic mass is 32.2. The normalized spacial score (nSPS) is 15.1. The number of rotatable bonds is 6. The predicted molar refractivity (Wildman–Crippen MR) is 74.7 cm³/mol. The van der Waals surface area contributed by atoms with Crippen molar-refractivity contribution in [2.24, 2.45) is 11.7 Å². The number of thioether (sulfide) groups is 1. The monoisotopic (exact) mass is 237 g/mol. The van der Waals surface area contributed by atoms with Crippen LogP contribution >= 0.6 is 11.8 Å². The summed E-state index contributed by atoms with van der Waals surface area (Å²) in [7, 11) is 0. The highest BCUT2D eigenvalue weighted by Crippen LogP contribution is 2.32. The fourth-order valence-electron chi connectivity index (χ4n) is 1.62. The Labute approximate surface area is 104 Å². The van der Waals surface area contributed by atoms with E-state index < -0.39 is 0 Å². The van der Waals surface area contributed by atoms with E-state index in [1.807, 2.05) is 11.8 Å². The molecule has 0 aliphatic rings. The van der Waals surface area contributed by atoms with Gasteiger partial charge in [0.1, 0.15) is 0 Å². The average Bonchev–Trinajstić information content (AvgIpc) is 2.25. The summed E-state index contributed by atoms with van der Waals surface area (Å²) in [5, 5.41) is 0.431. The van der Waals surface area contributed by atoms with E-state index in [-0.39, 0.29) is 6.04 Å². The Morgan fingerprint density at radius 2 is 1.75 bits per heavy atom. The van der Waals surface area contributed by atoms with Gasteiger partial charge in [0.2, 0.25) is 0 Å². The molecule has 16 heavy (non-hydrogen) atoms. The zero-order valence-electron chi connectivity index (χ0n) is 10.5. The molecule has 0 saturated heterocycles. The van der Waals surface area contributed by atoms with Gasteiger partial charge in [-0.1, -0.05) is 44.2 Å². The average molecular weight is 237 g/mol. The van der Waals surface area contributed by atoms with Gasteiger partial charge < -0.3 is 5.73 Å². The van der Waals surface area contributed by atoms with Crippen LogP contribution in [0.3, 0.4) is 0 Å². The summed E-state index contributed by atoms with van der Waals surface area (Å²) in [6.45, 7) is 6.63. The Kier molecular flexibility index (Phi) is 5.93. The maximum atomic E-state index is 6.06. The van der Waals surface area contributed by atoms with Crippen molar-refractivity contribution >= 4 is 11.8 Å². The lowest BCUT2D eigenvalue weighted by Gasteiger charge is -2.21. The molecule has 0 aromatic heterocycles. The highest BCUT2D eigenvalue weighted by molar-refractivity contribution is 7.99. The van der Waals surface area contributed by atoms with Crippen molar-refractivity contribution in [2.75, 3.05) is 5.75 Å². The molecule has 0 amide bonds. The fourth-order valence-corrected chi connectivity index (χ4v) is 3.14. The van der Waals surface area contributed by atoms with Crippen molar-refractivity contribution in [3.8, 4) is 0 Å². The minimum atomic E-state index is 0.208. The number of hydrogen-bond donors (Lipinski definition) is 1. The van der Waals surface area contributed by atoms with Crippen molar-refractivity contribution in [3.63, 3.8) is 0 Å². The van der Waals surface area contributed by atoms with Crippen LogP contribution in [-0.4, -0.2) is 11.8 Å². The maximum absolute atomic E-state index is 6.06. The minimum absolute atomic E-state index is 0.208. The molecule has 1 nitrogen and oxygen atoms in total. The fraction of sp³-hybridized carbons (Fsp3) is 0.571. The third-order valence-electron chi connectivity index (χ3n) is 2.60. The van der Waals surface area contributed by atoms with Crippen LogP contribution in [0.5, 0.6) is 0 Å². The molecular weight excluding hydrogens is 214 g/mol. The van der Waals surface area contributed by atoms with Crippen molar-refractivity contribution in [1.82, 2.24) is 0 Å². The molecule has 0 spiro atoms. The van der Waals surface area contributed by atoms with E-state index in [0.29, 0.717) is 5.25 Å². The number of nitrogens with two attached hydrogens (primary N) is 1. The van der Waals surface area contributed by atoms with Crippen LogP contribution in [-0.2, 0) is 0 Å². The van der Waals surface area contributed by atoms with Crippen LogP contribution in [0.2, 0.25) is 0 Å². The van der Waals surface area contributed by atoms with E-state index in [1.165, 1.54) is 17.7 Å². The van der Waals surface area contributed by atoms with Crippen molar-refractivity contribution in [2.45, 2.75) is 38.5 Å². The summed E-state index contributed by atoms with van der Waals surface area (Å²) in [4.78, 5) is 0. The SMILES string of the molecule is CC(C)CCSC(c1ccccc1)C(C)N. The van der Waals surface area contributed by atoms with E-state index in [4.69, 9.17) is 5.73 Å². The molecule has 2 heteroatoms. The molecule has 0 radical (unpaired) electrons. The molecule has 0 aliphatic carbocycles. The van der Waals surface area contributed by atoms with Crippen LogP contribution in [0, 0.1) is 5.92 Å². The summed E-state index contributed by atoms with van der Waals surface area (Å²) in [6.07, 6.45) is 1.26. The van der Waals surface area contributed by atoms with E-state index in [2.05, 4.69) is 51.1 Å². The lowest BCUT2D eigenvalue weighted by Crippen LogP contribution is -2.23. The second-order valence-electron chi connectivity index (χ2n) is 4.74. The molecule has 0 fully saturated rings. The van der Waals surface area contributed by atoms with Gasteiger partial charge in [0, 0.05) is 11.3 Å². The highest BCUT2D eigenvalue weighted by Gasteiger charge is 2.16. The molecule has 1 aromatic carbocycles. The summed E-state index contributed by atoms with van der Waals surface area (Å²) >= 11 is 1.99. The lowest BCUT2D eigenvalue weighted by atomic mass is 10.1. The van der Waals surface area contributed by atoms with Crippen molar-refractivity contribution < 1.29 is 0 Å². The van der Waals surface area contributed by atoms with Gasteiger partial charge >= 0.3 is 0 Å². The van der Waals surface area contributed by atoms with E-state index in [9.17, 15) is 0 Å². The molecule has 0 bridgehead atoms. The number of hydrogen-bond acceptors (Lipinski definition) is 2. The van der Waals surface area contributed by atoms with E-state index in [0.717, 1.165) is 5.92 Å². The second-order valence-corrected chi connectivity index (χ2v) is 5.99. The third kappa shape index (κ3) is 4.58. The van der Waals surface area contributed by atoms with Crippen LogP contribution in [0.15, 0.2) is 30.3 Å². The first kappa shape index (κ1) is 13.6. The van der Waals surface area contributed by atoms with Gasteiger partial charge in [0.25, 0.3) is 0 Å². The van der Waals surface area contributed by atoms with Gasteiger partial charge in [0.15, 0.2) is 0 Å². The molecule has 0 saturated carbocycles. The van der Waals surface area contributed by atoms with Crippen molar-refractivity contribution in [3.05, 3.63) is 35.9 Å². The van der Waals surface area contributed by atoms with Gasteiger partial charge in [-0.05, 0) is 30.6 Å². The Morgan fingerprint density at radius 3 is 2.25 bits per heavy atom. The molecule has 1 rings (SSSR count). The predicted octanol–water partition coefficient (Wildman–Crippen LogP) is 3.85. The zero-order chi connectivity index (χ0) is 12.0. The summed E-state index contributed by atoms with van der Waals surface area (Å²) in [5.74, 6) is 1.97. The van der Waals surface area contributed by atoms with Gasteiger partial charge in [-0.25, -0.2) is 0 Å². The van der Waals surface area contributed by atoms with Gasteiger partial charge in [-0.15, -0.1) is 0 Å². The molecule has 2 N–H and O–H groups in total. The third-order valence-corrected chi connectivity index (χ3v) is 4.13. The quantitative estimate of drug-likeness (QED) is 0.813. The summed E-state index contributed by atoms with van der Waals surface area (Å²) in [6, 6.07) is 10.8. The molecule has 2 unspecified atom stereocenters. The molecular formula is C14H23NS. The Bertz CT molecular complexity index is 282. The van der Waals surface area contributed by atoms with E-state index >= 15 is 0 Å². The molecule has 2 atom stereocenters. The second kappa shape index (κ2) is 6.97. The van der Waals surface area contributed by atoms with Gasteiger partial charge in [-0.3, -0.25) is 0 Å². The Morgan fingerprint density at radius 1 is 1.12 bits per heavy atom. The minimum Gasteiger partial charge on any atom is -0.327 e. The van der Waals surface area contributed by atoms with Crippen LogP contribution in [0.25, 0.3) is 0 Å². The zero-order valence-corrected chi connectivity index (χ0v) is 11.3. The van der Waals surface area contributed by atoms with Crippen LogP contribution in [0.4, 0.5) is 0 Å². The molecule has 0 heterocycles. The topological polar surface area (TPSA) is 26.0 Å². The first-order chi connectivity index (χ1) is 7.61. The number of benzene rings is 1. The Balaban J connectivity index is 2.55. The molecule has 90 valence electrons. The van der Waals surface area contributed by atoms with Gasteiger partial charge in [0.05, 0.1) is 0 Å². The standard InChI is InChI=1S/C14H23NS/c1-11(2)9-10-16-14(12(3)15)13-7-5-4-6-8-13/h4-8,11-12,14H,9-10,15H2,1-3H3. The van der Waals surface area contributed by atoms with Crippen LogP contribution < -0.4 is 5.73 Å². The first-order valence-electron chi connectivity index (χ1n) is 6.03. The van der Waals surface area contributed by atoms with Crippen molar-refractivity contribution in [1.29, 1.82) is 0 Å². The van der Waals surface area contributed by atoms with Gasteiger partial charge in [-0.2, -0.15) is 11.8 Å².